The van der Waals surface area contributed by atoms with Gasteiger partial charge in [-0.05, 0) is 31.9 Å². The van der Waals surface area contributed by atoms with Crippen molar-refractivity contribution in [2.45, 2.75) is 32.4 Å². The summed E-state index contributed by atoms with van der Waals surface area (Å²) in [5.74, 6) is 1.45. The molecule has 5 nitrogen and oxygen atoms in total. The maximum Gasteiger partial charge on any atom is 0.228 e. The molecule has 3 rings (SSSR count). The van der Waals surface area contributed by atoms with Crippen LogP contribution in [0.4, 0.5) is 0 Å². The molecule has 0 spiro atoms. The van der Waals surface area contributed by atoms with Gasteiger partial charge < -0.3 is 13.9 Å². The average molecular weight is 365 g/mol. The largest absolute Gasteiger partial charge is 0.441 e. The Morgan fingerprint density at radius 1 is 1.24 bits per heavy atom. The van der Waals surface area contributed by atoms with Crippen LogP contribution < -0.4 is 0 Å². The standard InChI is InChI=1S/C19H25ClN2O3/c1-14-18(21-19(25-14)16-5-3-4-6-17(16)20)13-22-9-7-15(8-10-22)24-12-11-23-2/h3-6,15H,7-13H2,1-2H3. The fourth-order valence-corrected chi connectivity index (χ4v) is 3.29. The van der Waals surface area contributed by atoms with Gasteiger partial charge in [0.2, 0.25) is 5.89 Å². The van der Waals surface area contributed by atoms with E-state index in [1.54, 1.807) is 7.11 Å². The monoisotopic (exact) mass is 364 g/mol. The quantitative estimate of drug-likeness (QED) is 0.696. The predicted octanol–water partition coefficient (Wildman–Crippen LogP) is 3.93. The molecule has 2 aromatic rings. The molecule has 0 saturated carbocycles. The minimum absolute atomic E-state index is 0.337. The molecule has 0 aliphatic carbocycles. The number of rotatable bonds is 7. The van der Waals surface area contributed by atoms with Gasteiger partial charge in [-0.1, -0.05) is 23.7 Å². The summed E-state index contributed by atoms with van der Waals surface area (Å²) in [6, 6.07) is 7.63. The first-order valence-electron chi connectivity index (χ1n) is 8.71. The zero-order valence-electron chi connectivity index (χ0n) is 14.8. The molecule has 2 heterocycles. The van der Waals surface area contributed by atoms with Gasteiger partial charge in [-0.3, -0.25) is 4.90 Å². The lowest BCUT2D eigenvalue weighted by Crippen LogP contribution is -2.37. The average Bonchev–Trinajstić information content (AvgIpc) is 2.97. The van der Waals surface area contributed by atoms with E-state index in [2.05, 4.69) is 9.88 Å². The highest BCUT2D eigenvalue weighted by molar-refractivity contribution is 6.33. The van der Waals surface area contributed by atoms with E-state index in [1.807, 2.05) is 31.2 Å². The van der Waals surface area contributed by atoms with E-state index in [0.717, 1.165) is 49.5 Å². The summed E-state index contributed by atoms with van der Waals surface area (Å²) in [6.07, 6.45) is 2.42. The van der Waals surface area contributed by atoms with Gasteiger partial charge in [0.05, 0.1) is 35.6 Å². The summed E-state index contributed by atoms with van der Waals surface area (Å²) in [5, 5.41) is 0.657. The Morgan fingerprint density at radius 3 is 2.72 bits per heavy atom. The highest BCUT2D eigenvalue weighted by atomic mass is 35.5. The van der Waals surface area contributed by atoms with Crippen molar-refractivity contribution in [3.05, 3.63) is 40.7 Å². The zero-order valence-corrected chi connectivity index (χ0v) is 15.6. The molecule has 1 aromatic carbocycles. The summed E-state index contributed by atoms with van der Waals surface area (Å²) in [4.78, 5) is 7.07. The molecule has 0 atom stereocenters. The van der Waals surface area contributed by atoms with E-state index < -0.39 is 0 Å². The van der Waals surface area contributed by atoms with Crippen molar-refractivity contribution >= 4 is 11.6 Å². The highest BCUT2D eigenvalue weighted by Gasteiger charge is 2.22. The highest BCUT2D eigenvalue weighted by Crippen LogP contribution is 2.29. The summed E-state index contributed by atoms with van der Waals surface area (Å²) >= 11 is 6.25. The minimum atomic E-state index is 0.337. The van der Waals surface area contributed by atoms with Gasteiger partial charge in [0.15, 0.2) is 0 Å². The first-order valence-corrected chi connectivity index (χ1v) is 9.09. The van der Waals surface area contributed by atoms with Crippen LogP contribution in [0.15, 0.2) is 28.7 Å². The van der Waals surface area contributed by atoms with Crippen LogP contribution in [-0.4, -0.2) is 49.4 Å². The number of halogens is 1. The molecule has 0 bridgehead atoms. The summed E-state index contributed by atoms with van der Waals surface area (Å²) in [7, 11) is 1.70. The number of hydrogen-bond acceptors (Lipinski definition) is 5. The summed E-state index contributed by atoms with van der Waals surface area (Å²) < 4.78 is 16.7. The zero-order chi connectivity index (χ0) is 17.6. The molecule has 0 N–H and O–H groups in total. The minimum Gasteiger partial charge on any atom is -0.441 e. The van der Waals surface area contributed by atoms with Crippen molar-refractivity contribution in [2.75, 3.05) is 33.4 Å². The molecule has 1 fully saturated rings. The Bertz CT molecular complexity index is 681. The molecule has 1 saturated heterocycles. The van der Waals surface area contributed by atoms with Gasteiger partial charge in [-0.25, -0.2) is 4.98 Å². The van der Waals surface area contributed by atoms with Crippen molar-refractivity contribution in [3.63, 3.8) is 0 Å². The number of nitrogens with zero attached hydrogens (tertiary/aromatic N) is 2. The Morgan fingerprint density at radius 2 is 2.00 bits per heavy atom. The van der Waals surface area contributed by atoms with Crippen LogP contribution >= 0.6 is 11.6 Å². The number of likely N-dealkylation sites (tertiary alicyclic amines) is 1. The fraction of sp³-hybridized carbons (Fsp3) is 0.526. The van der Waals surface area contributed by atoms with Crippen molar-refractivity contribution in [1.29, 1.82) is 0 Å². The number of aromatic nitrogens is 1. The van der Waals surface area contributed by atoms with Crippen LogP contribution in [0, 0.1) is 6.92 Å². The third kappa shape index (κ3) is 4.82. The lowest BCUT2D eigenvalue weighted by atomic mass is 10.1. The molecule has 136 valence electrons. The Balaban J connectivity index is 1.57. The SMILES string of the molecule is COCCOC1CCN(Cc2nc(-c3ccccc3Cl)oc2C)CC1. The van der Waals surface area contributed by atoms with Crippen molar-refractivity contribution in [2.24, 2.45) is 0 Å². The second-order valence-electron chi connectivity index (χ2n) is 6.34. The first-order chi connectivity index (χ1) is 12.2. The van der Waals surface area contributed by atoms with Crippen LogP contribution in [0.2, 0.25) is 5.02 Å². The molecule has 6 heteroatoms. The van der Waals surface area contributed by atoms with Gasteiger partial charge in [-0.2, -0.15) is 0 Å². The third-order valence-electron chi connectivity index (χ3n) is 4.55. The van der Waals surface area contributed by atoms with E-state index in [4.69, 9.17) is 25.5 Å². The molecule has 1 aliphatic heterocycles. The van der Waals surface area contributed by atoms with Gasteiger partial charge in [-0.15, -0.1) is 0 Å². The number of methoxy groups -OCH3 is 1. The van der Waals surface area contributed by atoms with Crippen molar-refractivity contribution in [3.8, 4) is 11.5 Å². The molecule has 0 amide bonds. The van der Waals surface area contributed by atoms with E-state index in [9.17, 15) is 0 Å². The first kappa shape index (κ1) is 18.4. The van der Waals surface area contributed by atoms with Crippen LogP contribution in [0.1, 0.15) is 24.3 Å². The maximum absolute atomic E-state index is 6.25. The number of hydrogen-bond donors (Lipinski definition) is 0. The van der Waals surface area contributed by atoms with Gasteiger partial charge >= 0.3 is 0 Å². The molecule has 0 unspecified atom stereocenters. The lowest BCUT2D eigenvalue weighted by molar-refractivity contribution is -0.0159. The van der Waals surface area contributed by atoms with E-state index in [0.29, 0.717) is 30.2 Å². The van der Waals surface area contributed by atoms with Gasteiger partial charge in [0.25, 0.3) is 0 Å². The fourth-order valence-electron chi connectivity index (χ4n) is 3.07. The number of ether oxygens (including phenoxy) is 2. The van der Waals surface area contributed by atoms with E-state index >= 15 is 0 Å². The third-order valence-corrected chi connectivity index (χ3v) is 4.88. The van der Waals surface area contributed by atoms with E-state index in [-0.39, 0.29) is 0 Å². The smallest absolute Gasteiger partial charge is 0.228 e. The second kappa shape index (κ2) is 8.81. The lowest BCUT2D eigenvalue weighted by Gasteiger charge is -2.31. The Labute approximate surface area is 153 Å². The topological polar surface area (TPSA) is 47.7 Å². The van der Waals surface area contributed by atoms with Crippen LogP contribution in [0.3, 0.4) is 0 Å². The van der Waals surface area contributed by atoms with Crippen LogP contribution in [0.5, 0.6) is 0 Å². The normalized spacial score (nSPS) is 16.4. The molecule has 25 heavy (non-hydrogen) atoms. The van der Waals surface area contributed by atoms with Crippen molar-refractivity contribution < 1.29 is 13.9 Å². The van der Waals surface area contributed by atoms with E-state index in [1.165, 1.54) is 0 Å². The molecule has 1 aliphatic rings. The van der Waals surface area contributed by atoms with Crippen molar-refractivity contribution in [1.82, 2.24) is 9.88 Å². The Hall–Kier alpha value is -1.40. The number of piperidine rings is 1. The molecular formula is C19H25ClN2O3. The Kier molecular flexibility index (Phi) is 6.48. The summed E-state index contributed by atoms with van der Waals surface area (Å²) in [5.41, 5.74) is 1.82. The predicted molar refractivity (Wildman–Crippen MR) is 97.8 cm³/mol. The van der Waals surface area contributed by atoms with Gasteiger partial charge in [0.1, 0.15) is 5.76 Å². The second-order valence-corrected chi connectivity index (χ2v) is 6.75. The number of aryl methyl sites for hydroxylation is 1. The number of benzene rings is 1. The van der Waals surface area contributed by atoms with Crippen LogP contribution in [-0.2, 0) is 16.0 Å². The maximum atomic E-state index is 6.25. The molecular weight excluding hydrogens is 340 g/mol. The summed E-state index contributed by atoms with van der Waals surface area (Å²) in [6.45, 7) is 6.10. The van der Waals surface area contributed by atoms with Crippen LogP contribution in [0.25, 0.3) is 11.5 Å². The van der Waals surface area contributed by atoms with Gasteiger partial charge in [0, 0.05) is 26.7 Å². The molecule has 1 aromatic heterocycles. The number of oxazole rings is 1. The molecule has 0 radical (unpaired) electrons.